The largest absolute Gasteiger partial charge is 0.492 e. The molecule has 5 fully saturated rings. The number of likely N-dealkylation sites (tertiary alicyclic amines) is 1. The van der Waals surface area contributed by atoms with E-state index in [4.69, 9.17) is 77.9 Å². The zero-order valence-electron chi connectivity index (χ0n) is 75.9. The number of esters is 1. The van der Waals surface area contributed by atoms with Gasteiger partial charge in [-0.2, -0.15) is 5.48 Å². The third kappa shape index (κ3) is 28.3. The van der Waals surface area contributed by atoms with Crippen LogP contribution in [0.3, 0.4) is 0 Å². The molecule has 2 aromatic carbocycles. The molecule has 0 unspecified atom stereocenters. The van der Waals surface area contributed by atoms with Crippen molar-refractivity contribution in [1.82, 2.24) is 25.9 Å². The first kappa shape index (κ1) is 107. The van der Waals surface area contributed by atoms with Crippen LogP contribution in [-0.2, 0) is 87.6 Å². The average Bonchev–Trinajstić information content (AvgIpc) is 0.667. The van der Waals surface area contributed by atoms with E-state index in [-0.39, 0.29) is 116 Å². The molecule has 22 atom stereocenters. The van der Waals surface area contributed by atoms with Gasteiger partial charge < -0.3 is 129 Å². The first-order chi connectivity index (χ1) is 62.0. The number of Topliss-reactive ketones (excluding diaryl/α,β-unsaturated/α-hetero) is 3. The fraction of sp³-hybridized carbons (Fsp3) is 0.656. The molecule has 0 spiro atoms. The Morgan fingerprint density at radius 3 is 2.15 bits per heavy atom. The third-order valence-electron chi connectivity index (χ3n) is 23.9. The van der Waals surface area contributed by atoms with Crippen molar-refractivity contribution < 1.29 is 135 Å². The maximum Gasteiger partial charge on any atom is 0.410 e. The van der Waals surface area contributed by atoms with Crippen LogP contribution in [0.4, 0.5) is 15.3 Å². The van der Waals surface area contributed by atoms with E-state index in [1.54, 1.807) is 100 Å². The van der Waals surface area contributed by atoms with Crippen molar-refractivity contribution >= 4 is 114 Å². The van der Waals surface area contributed by atoms with Crippen LogP contribution in [0.1, 0.15) is 153 Å². The lowest BCUT2D eigenvalue weighted by molar-refractivity contribution is -0.337. The van der Waals surface area contributed by atoms with Gasteiger partial charge in [-0.05, 0) is 171 Å². The molecule has 720 valence electrons. The highest BCUT2D eigenvalue weighted by atomic mass is 127. The van der Waals surface area contributed by atoms with Crippen molar-refractivity contribution in [1.29, 1.82) is 0 Å². The second-order valence-electron chi connectivity index (χ2n) is 33.5. The van der Waals surface area contributed by atoms with Gasteiger partial charge in [0.1, 0.15) is 49.0 Å². The van der Waals surface area contributed by atoms with Gasteiger partial charge in [0.25, 0.3) is 0 Å². The summed E-state index contributed by atoms with van der Waals surface area (Å²) in [5.41, 5.74) is 13.3. The summed E-state index contributed by atoms with van der Waals surface area (Å²) in [6, 6.07) is 2.71. The number of unbranched alkanes of at least 4 members (excludes halogenated alkanes) is 1. The molecule has 5 heterocycles. The zero-order chi connectivity index (χ0) is 95.0. The van der Waals surface area contributed by atoms with Crippen LogP contribution >= 0.6 is 55.9 Å². The number of urea groups is 1. The van der Waals surface area contributed by atoms with Crippen molar-refractivity contribution in [2.24, 2.45) is 29.2 Å². The summed E-state index contributed by atoms with van der Waals surface area (Å²) < 4.78 is 80.2. The number of nitrogens with zero attached hydrogens (tertiary/aromatic N) is 2. The summed E-state index contributed by atoms with van der Waals surface area (Å²) in [4.78, 5) is 133. The highest BCUT2D eigenvalue weighted by molar-refractivity contribution is 14.1. The van der Waals surface area contributed by atoms with Crippen molar-refractivity contribution in [2.75, 3.05) is 93.0 Å². The number of methoxy groups -OCH3 is 5. The number of amides is 5. The Kier molecular flexibility index (Phi) is 41.8. The van der Waals surface area contributed by atoms with Crippen molar-refractivity contribution in [2.45, 2.75) is 272 Å². The first-order valence-electron chi connectivity index (χ1n) is 43.7. The van der Waals surface area contributed by atoms with Crippen LogP contribution in [0.2, 0.25) is 0 Å². The number of carbonyl (C=O) groups excluding carboxylic acids is 9. The Balaban J connectivity index is 0.925. The number of halogens is 1. The molecule has 36 nitrogen and oxygen atoms in total. The number of aliphatic hydroxyl groups is 5. The van der Waals surface area contributed by atoms with E-state index < -0.39 is 193 Å². The average molecular weight is 1990 g/mol. The molecular formula is C90H127IN8O28S3. The van der Waals surface area contributed by atoms with Gasteiger partial charge in [0, 0.05) is 98.2 Å². The number of ether oxygens (including phenoxy) is 13. The third-order valence-corrected chi connectivity index (χ3v) is 29.4. The number of benzene rings is 2. The standard InChI is InChI=1S/C90H127IN8O28S3/c1-15-99(89(112)120-45-53-26-28-56(29-27-53)95-83(108)55(24-22-35-94-88(93)111)40-61(101)72(47(2)3)96-84(109)54(39-48(4)100)23-19-21-34-92)60-46-119-67(43-65(60)114-10)125-80-75(106)73(50(6)122-87(80)124-64-25-18-16-17-20-33-90(113)44-63(103)58(41-66(104)115-11)70(64)59(90)32-38-128-130-57-30-36-98(9)37-31-57)97-127-68-42-62(102)82(52(8)121-68)129-85(110)69-49(5)71(91)78(81(118-14)77(69)116-12)126-86-76(107)79(117-13)74(105)51(7)123-86/h16-17,26-29,32,47,50-52,54-55,57,60,62,64-65,67-68,72-76,79-80,82,86-87,97,102,105-107,113H,15,19,21-24,30-31,34-46,92H2,1-14H3,(H,95,108)(H,96,109)(H3,93,94,111)/b17-16-,59-32+/t50-,51+,52-,54-,55-,60+,62+,64+,65+,67+,68+,72+,73-,74+,75-,76-,79-,80-,82-,86+,87+,90+/m1/s1. The Morgan fingerprint density at radius 2 is 1.51 bits per heavy atom. The van der Waals surface area contributed by atoms with Crippen LogP contribution in [-0.4, -0.2) is 302 Å². The van der Waals surface area contributed by atoms with Crippen LogP contribution in [0.15, 0.2) is 59.2 Å². The molecule has 40 heteroatoms. The number of piperidine rings is 1. The van der Waals surface area contributed by atoms with E-state index in [1.165, 1.54) is 59.5 Å². The molecule has 13 N–H and O–H groups in total. The van der Waals surface area contributed by atoms with Gasteiger partial charge in [-0.25, -0.2) is 9.59 Å². The van der Waals surface area contributed by atoms with Gasteiger partial charge in [-0.3, -0.25) is 33.6 Å². The van der Waals surface area contributed by atoms with Crippen molar-refractivity contribution in [3.63, 3.8) is 0 Å². The maximum atomic E-state index is 14.7. The number of ketones is 3. The number of rotatable bonds is 43. The number of hydrogen-bond donors (Lipinski definition) is 11. The first-order valence-corrected chi connectivity index (χ1v) is 48.1. The molecule has 2 aliphatic carbocycles. The highest BCUT2D eigenvalue weighted by Crippen LogP contribution is 2.50. The molecule has 9 rings (SSSR count). The Labute approximate surface area is 784 Å². The molecule has 5 saturated heterocycles. The lowest BCUT2D eigenvalue weighted by atomic mass is 9.72. The second kappa shape index (κ2) is 51.0. The fourth-order valence-corrected chi connectivity index (χ4v) is 20.9. The number of carbonyl (C=O) groups is 9. The number of primary amides is 1. The molecule has 0 aromatic heterocycles. The van der Waals surface area contributed by atoms with Crippen LogP contribution in [0, 0.1) is 51.9 Å². The minimum Gasteiger partial charge on any atom is -0.492 e. The molecule has 2 bridgehead atoms. The zero-order valence-corrected chi connectivity index (χ0v) is 80.6. The fourth-order valence-electron chi connectivity index (χ4n) is 16.7. The molecule has 7 aliphatic rings. The van der Waals surface area contributed by atoms with Gasteiger partial charge in [0.05, 0.1) is 104 Å². The van der Waals surface area contributed by atoms with Crippen molar-refractivity contribution in [3.8, 4) is 40.9 Å². The Hall–Kier alpha value is -7.09. The molecule has 130 heavy (non-hydrogen) atoms. The van der Waals surface area contributed by atoms with E-state index >= 15 is 0 Å². The van der Waals surface area contributed by atoms with E-state index in [2.05, 4.69) is 57.1 Å². The quantitative estimate of drug-likeness (QED) is 0.00886. The van der Waals surface area contributed by atoms with Gasteiger partial charge >= 0.3 is 18.1 Å². The van der Waals surface area contributed by atoms with E-state index in [1.807, 2.05) is 22.6 Å². The number of aliphatic hydroxyl groups excluding tert-OH is 4. The number of nitrogens with two attached hydrogens (primary N) is 2. The van der Waals surface area contributed by atoms with Gasteiger partial charge in [-0.15, -0.1) is 0 Å². The number of likely N-dealkylation sites (N-methyl/N-ethyl adjacent to an activating group) is 1. The lowest BCUT2D eigenvalue weighted by Crippen LogP contribution is -2.65. The number of hydroxylamine groups is 1. The molecule has 5 amide bonds. The summed E-state index contributed by atoms with van der Waals surface area (Å²) in [5, 5.41) is 66.8. The number of hydrogen-bond acceptors (Lipinski definition) is 34. The van der Waals surface area contributed by atoms with Crippen molar-refractivity contribution in [3.05, 3.63) is 79.5 Å². The van der Waals surface area contributed by atoms with Crippen LogP contribution in [0.5, 0.6) is 17.2 Å². The SMILES string of the molecule is CCN(C(=O)OCc1ccc(NC(=O)[C@H](CCCNC(N)=O)CC(=O)[C@@H](NC(=O)[C@H](CCCCN)CC(C)=O)C(C)C)cc1)[C@H]1CO[C@@H](O[C@H]2[C@H](O[C@H]3C#C/C=C\C#C[C@]4(O)CC(=O)C(CC(=O)OC)=C3/C4=C\CSSC3CCN(C)CC3)O[C@H](C)[C@@H](NO[C@H]3C[C@H](O)[C@H](SC(=O)c4c(C)c(I)c(O[C@@H]5O[C@@H](C)[C@H](O)[C@@H](OC)[C@H]5O)c(OC)c4OC)[C@@H](C)O3)[C@H]2O)C[C@@H]1OC. The Morgan fingerprint density at radius 1 is 0.815 bits per heavy atom. The summed E-state index contributed by atoms with van der Waals surface area (Å²) in [6.45, 7) is 15.3. The van der Waals surface area contributed by atoms with Gasteiger partial charge in [-0.1, -0.05) is 95.5 Å². The number of thioether (sulfide) groups is 1. The van der Waals surface area contributed by atoms with E-state index in [0.717, 1.165) is 37.7 Å². The minimum absolute atomic E-state index is 0.00319. The predicted molar refractivity (Wildman–Crippen MR) is 490 cm³/mol. The van der Waals surface area contributed by atoms with Gasteiger partial charge in [0.2, 0.25) is 29.0 Å². The lowest BCUT2D eigenvalue weighted by Gasteiger charge is -2.47. The summed E-state index contributed by atoms with van der Waals surface area (Å²) >= 11 is 2.77. The van der Waals surface area contributed by atoms with Crippen LogP contribution in [0.25, 0.3) is 0 Å². The van der Waals surface area contributed by atoms with E-state index in [9.17, 15) is 68.7 Å². The number of fused-ring (bicyclic) bond motifs is 2. The topological polar surface area (TPSA) is 491 Å². The summed E-state index contributed by atoms with van der Waals surface area (Å²) in [7, 11) is 12.0. The normalized spacial score (nSPS) is 28.9. The summed E-state index contributed by atoms with van der Waals surface area (Å²) in [6.07, 6.45) is -12.7. The highest BCUT2D eigenvalue weighted by Gasteiger charge is 2.53. The predicted octanol–water partition coefficient (Wildman–Crippen LogP) is 6.14. The molecular weight excluding hydrogens is 1860 g/mol. The molecule has 5 aliphatic heterocycles. The Bertz CT molecular complexity index is 4450. The molecule has 0 radical (unpaired) electrons. The number of allylic oxidation sites excluding steroid dienone is 2. The summed E-state index contributed by atoms with van der Waals surface area (Å²) in [5.74, 6) is 7.22. The minimum atomic E-state index is -2.13. The smallest absolute Gasteiger partial charge is 0.410 e. The molecule has 0 saturated carbocycles. The maximum absolute atomic E-state index is 14.7. The monoisotopic (exact) mass is 1990 g/mol. The molecule has 2 aromatic rings. The number of anilines is 1. The van der Waals surface area contributed by atoms with E-state index in [0.29, 0.717) is 57.2 Å². The number of nitrogens with one attached hydrogen (secondary N) is 4. The van der Waals surface area contributed by atoms with Crippen LogP contribution < -0.4 is 47.1 Å². The second-order valence-corrected chi connectivity index (χ2v) is 38.5. The van der Waals surface area contributed by atoms with Gasteiger partial charge in [0.15, 0.2) is 47.5 Å².